The Labute approximate surface area is 183 Å². The summed E-state index contributed by atoms with van der Waals surface area (Å²) in [6, 6.07) is 4.70. The molecule has 0 unspecified atom stereocenters. The van der Waals surface area contributed by atoms with E-state index in [-0.39, 0.29) is 6.09 Å². The summed E-state index contributed by atoms with van der Waals surface area (Å²) in [6.07, 6.45) is 7.23. The van der Waals surface area contributed by atoms with Gasteiger partial charge in [-0.3, -0.25) is 4.90 Å². The summed E-state index contributed by atoms with van der Waals surface area (Å²) in [6.45, 7) is 10.1. The normalized spacial score (nSPS) is 23.2. The molecule has 2 aliphatic heterocycles. The van der Waals surface area contributed by atoms with Crippen LogP contribution in [0.1, 0.15) is 31.9 Å². The number of nitrogens with one attached hydrogen (secondary N) is 1. The Bertz CT molecular complexity index is 930. The third-order valence-corrected chi connectivity index (χ3v) is 7.13. The predicted octanol–water partition coefficient (Wildman–Crippen LogP) is 2.91. The number of ether oxygens (including phenoxy) is 1. The number of carbonyl (C=O) groups is 1. The first-order valence-corrected chi connectivity index (χ1v) is 11.4. The second-order valence-corrected chi connectivity index (χ2v) is 9.26. The number of rotatable bonds is 4. The zero-order valence-electron chi connectivity index (χ0n) is 18.5. The summed E-state index contributed by atoms with van der Waals surface area (Å²) in [5.74, 6) is 1.90. The van der Waals surface area contributed by atoms with E-state index in [0.29, 0.717) is 18.1 Å². The standard InChI is InChI=1S/C23H32N6O2/c1-3-31-22(30)29-15-23(16-29)7-6-18(13-23)27-9-11-28(12-10-27)21-19(5-4-8-24-21)20-25-14-17(2)26-20/h4-5,8,14,18H,3,6-7,9-13,15-16H2,1-2H3,(H,25,26)/t18-/m1/s1. The van der Waals surface area contributed by atoms with E-state index in [2.05, 4.69) is 25.8 Å². The van der Waals surface area contributed by atoms with Crippen molar-refractivity contribution in [3.63, 3.8) is 0 Å². The molecule has 166 valence electrons. The largest absolute Gasteiger partial charge is 0.450 e. The van der Waals surface area contributed by atoms with Gasteiger partial charge in [0.25, 0.3) is 0 Å². The lowest BCUT2D eigenvalue weighted by Gasteiger charge is -2.48. The molecule has 2 saturated heterocycles. The summed E-state index contributed by atoms with van der Waals surface area (Å²) in [7, 11) is 0. The van der Waals surface area contributed by atoms with E-state index >= 15 is 0 Å². The number of piperazine rings is 1. The van der Waals surface area contributed by atoms with Crippen LogP contribution in [0.25, 0.3) is 11.4 Å². The van der Waals surface area contributed by atoms with Crippen molar-refractivity contribution in [2.24, 2.45) is 5.41 Å². The highest BCUT2D eigenvalue weighted by molar-refractivity contribution is 5.71. The Morgan fingerprint density at radius 1 is 1.26 bits per heavy atom. The number of aromatic amines is 1. The minimum atomic E-state index is -0.150. The van der Waals surface area contributed by atoms with Gasteiger partial charge >= 0.3 is 6.09 Å². The first kappa shape index (κ1) is 20.3. The molecule has 3 fully saturated rings. The topological polar surface area (TPSA) is 77.6 Å². The summed E-state index contributed by atoms with van der Waals surface area (Å²) in [5, 5.41) is 0. The quantitative estimate of drug-likeness (QED) is 0.813. The van der Waals surface area contributed by atoms with Crippen molar-refractivity contribution in [1.29, 1.82) is 0 Å². The average molecular weight is 425 g/mol. The highest BCUT2D eigenvalue weighted by Gasteiger charge is 2.51. The van der Waals surface area contributed by atoms with Crippen molar-refractivity contribution < 1.29 is 9.53 Å². The van der Waals surface area contributed by atoms with Crippen molar-refractivity contribution in [3.05, 3.63) is 30.2 Å². The molecule has 3 aliphatic rings. The molecular formula is C23H32N6O2. The minimum absolute atomic E-state index is 0.150. The number of pyridine rings is 1. The fourth-order valence-electron chi connectivity index (χ4n) is 5.57. The number of nitrogens with zero attached hydrogens (tertiary/aromatic N) is 5. The maximum Gasteiger partial charge on any atom is 0.409 e. The number of amides is 1. The number of carbonyl (C=O) groups excluding carboxylic acids is 1. The molecule has 1 amide bonds. The maximum atomic E-state index is 11.9. The molecule has 1 aliphatic carbocycles. The van der Waals surface area contributed by atoms with E-state index in [9.17, 15) is 4.79 Å². The zero-order valence-corrected chi connectivity index (χ0v) is 18.5. The number of hydrogen-bond acceptors (Lipinski definition) is 6. The monoisotopic (exact) mass is 424 g/mol. The van der Waals surface area contributed by atoms with Crippen molar-refractivity contribution in [2.45, 2.75) is 39.2 Å². The molecule has 31 heavy (non-hydrogen) atoms. The van der Waals surface area contributed by atoms with Gasteiger partial charge in [0.15, 0.2) is 0 Å². The maximum absolute atomic E-state index is 11.9. The van der Waals surface area contributed by atoms with Crippen molar-refractivity contribution in [2.75, 3.05) is 50.8 Å². The summed E-state index contributed by atoms with van der Waals surface area (Å²) < 4.78 is 5.15. The van der Waals surface area contributed by atoms with Crippen LogP contribution in [0, 0.1) is 12.3 Å². The van der Waals surface area contributed by atoms with Gasteiger partial charge in [0, 0.05) is 68.8 Å². The molecule has 1 N–H and O–H groups in total. The molecule has 1 atom stereocenters. The fourth-order valence-corrected chi connectivity index (χ4v) is 5.57. The van der Waals surface area contributed by atoms with Gasteiger partial charge in [0.2, 0.25) is 0 Å². The molecule has 0 bridgehead atoms. The molecule has 0 aromatic carbocycles. The summed E-state index contributed by atoms with van der Waals surface area (Å²) in [4.78, 5) is 31.4. The minimum Gasteiger partial charge on any atom is -0.450 e. The number of likely N-dealkylation sites (tertiary alicyclic amines) is 1. The van der Waals surface area contributed by atoms with Gasteiger partial charge in [0.05, 0.1) is 12.2 Å². The molecule has 2 aromatic heterocycles. The Morgan fingerprint density at radius 3 is 2.77 bits per heavy atom. The molecule has 0 radical (unpaired) electrons. The van der Waals surface area contributed by atoms with Crippen LogP contribution in [0.5, 0.6) is 0 Å². The Kier molecular flexibility index (Phi) is 5.33. The van der Waals surface area contributed by atoms with Crippen LogP contribution in [0.3, 0.4) is 0 Å². The van der Waals surface area contributed by atoms with Crippen molar-refractivity contribution in [1.82, 2.24) is 24.8 Å². The number of anilines is 1. The first-order chi connectivity index (χ1) is 15.1. The lowest BCUT2D eigenvalue weighted by Crippen LogP contribution is -2.58. The second kappa shape index (κ2) is 8.15. The van der Waals surface area contributed by atoms with Gasteiger partial charge < -0.3 is 19.5 Å². The van der Waals surface area contributed by atoms with Crippen LogP contribution in [0.4, 0.5) is 10.6 Å². The molecule has 1 spiro atoms. The van der Waals surface area contributed by atoms with Crippen LogP contribution >= 0.6 is 0 Å². The average Bonchev–Trinajstić information content (AvgIpc) is 3.40. The highest BCUT2D eigenvalue weighted by Crippen LogP contribution is 2.47. The van der Waals surface area contributed by atoms with Crippen LogP contribution in [-0.4, -0.2) is 82.8 Å². The molecule has 5 rings (SSSR count). The number of hydrogen-bond donors (Lipinski definition) is 1. The third kappa shape index (κ3) is 3.89. The van der Waals surface area contributed by atoms with E-state index in [1.165, 1.54) is 19.3 Å². The molecule has 8 nitrogen and oxygen atoms in total. The van der Waals surface area contributed by atoms with E-state index in [1.807, 2.05) is 37.2 Å². The lowest BCUT2D eigenvalue weighted by molar-refractivity contribution is -0.00294. The van der Waals surface area contributed by atoms with Crippen LogP contribution in [0.15, 0.2) is 24.5 Å². The SMILES string of the molecule is CCOC(=O)N1CC2(CC[C@@H](N3CCN(c4ncccc4-c4ncc(C)[nH]4)CC3)C2)C1. The highest BCUT2D eigenvalue weighted by atomic mass is 16.6. The Morgan fingerprint density at radius 2 is 2.06 bits per heavy atom. The first-order valence-electron chi connectivity index (χ1n) is 11.4. The molecule has 1 saturated carbocycles. The smallest absolute Gasteiger partial charge is 0.409 e. The third-order valence-electron chi connectivity index (χ3n) is 7.13. The summed E-state index contributed by atoms with van der Waals surface area (Å²) in [5.41, 5.74) is 2.44. The Balaban J connectivity index is 1.18. The molecule has 2 aromatic rings. The number of aryl methyl sites for hydroxylation is 1. The second-order valence-electron chi connectivity index (χ2n) is 9.26. The van der Waals surface area contributed by atoms with Crippen molar-refractivity contribution in [3.8, 4) is 11.4 Å². The Hall–Kier alpha value is -2.61. The van der Waals surface area contributed by atoms with E-state index in [1.54, 1.807) is 0 Å². The molecular weight excluding hydrogens is 392 g/mol. The predicted molar refractivity (Wildman–Crippen MR) is 119 cm³/mol. The van der Waals surface area contributed by atoms with Crippen LogP contribution < -0.4 is 4.90 Å². The molecule has 8 heteroatoms. The van der Waals surface area contributed by atoms with Gasteiger partial charge in [-0.1, -0.05) is 0 Å². The lowest BCUT2D eigenvalue weighted by atomic mass is 9.78. The number of H-pyrrole nitrogens is 1. The van der Waals surface area contributed by atoms with Gasteiger partial charge in [-0.25, -0.2) is 14.8 Å². The zero-order chi connectivity index (χ0) is 21.4. The van der Waals surface area contributed by atoms with E-state index < -0.39 is 0 Å². The van der Waals surface area contributed by atoms with Crippen LogP contribution in [0.2, 0.25) is 0 Å². The number of aromatic nitrogens is 3. The summed E-state index contributed by atoms with van der Waals surface area (Å²) >= 11 is 0. The van der Waals surface area contributed by atoms with Crippen molar-refractivity contribution >= 4 is 11.9 Å². The van der Waals surface area contributed by atoms with Gasteiger partial charge in [-0.15, -0.1) is 0 Å². The van der Waals surface area contributed by atoms with Gasteiger partial charge in [0.1, 0.15) is 11.6 Å². The van der Waals surface area contributed by atoms with Gasteiger partial charge in [-0.05, 0) is 45.2 Å². The van der Waals surface area contributed by atoms with Gasteiger partial charge in [-0.2, -0.15) is 0 Å². The fraction of sp³-hybridized carbons (Fsp3) is 0.609. The van der Waals surface area contributed by atoms with Crippen LogP contribution in [-0.2, 0) is 4.74 Å². The van der Waals surface area contributed by atoms with E-state index in [0.717, 1.165) is 62.2 Å². The van der Waals surface area contributed by atoms with E-state index in [4.69, 9.17) is 9.72 Å². The molecule has 4 heterocycles. The number of imidazole rings is 1.